The van der Waals surface area contributed by atoms with E-state index in [4.69, 9.17) is 16.7 Å². The van der Waals surface area contributed by atoms with Crippen LogP contribution in [-0.4, -0.2) is 9.78 Å². The van der Waals surface area contributed by atoms with Crippen molar-refractivity contribution in [2.75, 3.05) is 0 Å². The second kappa shape index (κ2) is 6.40. The maximum absolute atomic E-state index is 13.3. The van der Waals surface area contributed by atoms with Gasteiger partial charge in [-0.3, -0.25) is 0 Å². The second-order valence-electron chi connectivity index (χ2n) is 6.23. The van der Waals surface area contributed by atoms with E-state index >= 15 is 0 Å². The number of rotatable bonds is 2. The largest absolute Gasteiger partial charge is 0.237 e. The van der Waals surface area contributed by atoms with Gasteiger partial charge in [0.2, 0.25) is 0 Å². The molecule has 1 heterocycles. The molecule has 2 aromatic carbocycles. The van der Waals surface area contributed by atoms with E-state index in [0.717, 1.165) is 34.8 Å². The van der Waals surface area contributed by atoms with Gasteiger partial charge in [-0.15, -0.1) is 0 Å². The number of fused-ring (bicyclic) bond motifs is 1. The van der Waals surface area contributed by atoms with Gasteiger partial charge >= 0.3 is 0 Å². The van der Waals surface area contributed by atoms with Crippen LogP contribution >= 0.6 is 11.6 Å². The highest BCUT2D eigenvalue weighted by Gasteiger charge is 2.21. The lowest BCUT2D eigenvalue weighted by Crippen LogP contribution is -2.03. The minimum Gasteiger partial charge on any atom is -0.237 e. The first kappa shape index (κ1) is 15.4. The Morgan fingerprint density at radius 3 is 2.33 bits per heavy atom. The Kier molecular flexibility index (Phi) is 4.11. The van der Waals surface area contributed by atoms with Gasteiger partial charge in [-0.2, -0.15) is 5.10 Å². The van der Waals surface area contributed by atoms with Crippen LogP contribution in [0.25, 0.3) is 16.9 Å². The first-order valence-electron chi connectivity index (χ1n) is 8.35. The third kappa shape index (κ3) is 2.84. The van der Waals surface area contributed by atoms with Crippen LogP contribution in [0.2, 0.25) is 5.02 Å². The van der Waals surface area contributed by atoms with E-state index in [2.05, 4.69) is 0 Å². The summed E-state index contributed by atoms with van der Waals surface area (Å²) < 4.78 is 15.3. The van der Waals surface area contributed by atoms with Crippen LogP contribution < -0.4 is 0 Å². The topological polar surface area (TPSA) is 17.8 Å². The molecule has 0 fully saturated rings. The Balaban J connectivity index is 1.88. The summed E-state index contributed by atoms with van der Waals surface area (Å²) in [4.78, 5) is 0. The van der Waals surface area contributed by atoms with Crippen LogP contribution in [-0.2, 0) is 12.8 Å². The second-order valence-corrected chi connectivity index (χ2v) is 6.67. The van der Waals surface area contributed by atoms with Gasteiger partial charge in [0.1, 0.15) is 5.82 Å². The van der Waals surface area contributed by atoms with Crippen molar-refractivity contribution in [3.63, 3.8) is 0 Å². The average Bonchev–Trinajstić information content (AvgIpc) is 2.78. The fourth-order valence-corrected chi connectivity index (χ4v) is 3.54. The molecule has 0 saturated heterocycles. The van der Waals surface area contributed by atoms with Crippen molar-refractivity contribution in [1.29, 1.82) is 0 Å². The Morgan fingerprint density at radius 2 is 1.58 bits per heavy atom. The van der Waals surface area contributed by atoms with Crippen LogP contribution in [0.5, 0.6) is 0 Å². The summed E-state index contributed by atoms with van der Waals surface area (Å²) in [5, 5.41) is 5.61. The zero-order valence-corrected chi connectivity index (χ0v) is 14.1. The molecule has 3 aromatic rings. The highest BCUT2D eigenvalue weighted by Crippen LogP contribution is 2.32. The normalized spacial score (nSPS) is 14.2. The van der Waals surface area contributed by atoms with E-state index in [1.807, 2.05) is 28.9 Å². The van der Waals surface area contributed by atoms with E-state index in [9.17, 15) is 4.39 Å². The summed E-state index contributed by atoms with van der Waals surface area (Å²) in [6.07, 6.45) is 5.63. The van der Waals surface area contributed by atoms with Crippen LogP contribution in [0.4, 0.5) is 4.39 Å². The maximum atomic E-state index is 13.3. The molecule has 24 heavy (non-hydrogen) atoms. The molecule has 1 aliphatic carbocycles. The third-order valence-electron chi connectivity index (χ3n) is 4.62. The van der Waals surface area contributed by atoms with Crippen molar-refractivity contribution < 1.29 is 4.39 Å². The molecule has 4 rings (SSSR count). The third-order valence-corrected chi connectivity index (χ3v) is 4.87. The molecule has 0 radical (unpaired) electrons. The molecule has 1 aromatic heterocycles. The first-order chi connectivity index (χ1) is 11.7. The Morgan fingerprint density at radius 1 is 0.875 bits per heavy atom. The van der Waals surface area contributed by atoms with Crippen molar-refractivity contribution in [3.05, 3.63) is 70.6 Å². The van der Waals surface area contributed by atoms with E-state index in [1.54, 1.807) is 12.1 Å². The zero-order chi connectivity index (χ0) is 16.5. The lowest BCUT2D eigenvalue weighted by atomic mass is 10.0. The molecule has 0 N–H and O–H groups in total. The monoisotopic (exact) mass is 340 g/mol. The van der Waals surface area contributed by atoms with Crippen LogP contribution in [0.3, 0.4) is 0 Å². The maximum Gasteiger partial charge on any atom is 0.123 e. The summed E-state index contributed by atoms with van der Waals surface area (Å²) in [5.41, 5.74) is 5.59. The number of aromatic nitrogens is 2. The van der Waals surface area contributed by atoms with Gasteiger partial charge in [0.15, 0.2) is 0 Å². The zero-order valence-electron chi connectivity index (χ0n) is 13.3. The van der Waals surface area contributed by atoms with Crippen LogP contribution in [0.1, 0.15) is 30.5 Å². The molecule has 0 unspecified atom stereocenters. The predicted molar refractivity (Wildman–Crippen MR) is 95.2 cm³/mol. The minimum atomic E-state index is -0.227. The Bertz CT molecular complexity index is 781. The van der Waals surface area contributed by atoms with E-state index in [1.165, 1.54) is 42.7 Å². The highest BCUT2D eigenvalue weighted by molar-refractivity contribution is 6.30. The molecule has 0 spiro atoms. The summed E-state index contributed by atoms with van der Waals surface area (Å²) in [5.74, 6) is -0.227. The fraction of sp³-hybridized carbons (Fsp3) is 0.250. The summed E-state index contributed by atoms with van der Waals surface area (Å²) >= 11 is 6.02. The van der Waals surface area contributed by atoms with Crippen LogP contribution in [0.15, 0.2) is 48.5 Å². The van der Waals surface area contributed by atoms with Gasteiger partial charge in [0, 0.05) is 21.8 Å². The predicted octanol–water partition coefficient (Wildman–Crippen LogP) is 5.60. The lowest BCUT2D eigenvalue weighted by molar-refractivity contribution is 0.626. The fourth-order valence-electron chi connectivity index (χ4n) is 3.41. The SMILES string of the molecule is Fc1ccc(-n2nc(-c3ccc(Cl)cc3)c3c2CCCCC3)cc1. The molecule has 0 atom stereocenters. The molecule has 1 aliphatic rings. The number of halogens is 2. The molecule has 0 aliphatic heterocycles. The lowest BCUT2D eigenvalue weighted by Gasteiger charge is -2.07. The van der Waals surface area contributed by atoms with E-state index < -0.39 is 0 Å². The van der Waals surface area contributed by atoms with Crippen molar-refractivity contribution in [2.45, 2.75) is 32.1 Å². The first-order valence-corrected chi connectivity index (χ1v) is 8.73. The smallest absolute Gasteiger partial charge is 0.123 e. The molecular formula is C20H18ClFN2. The quantitative estimate of drug-likeness (QED) is 0.555. The van der Waals surface area contributed by atoms with Gasteiger partial charge in [0.25, 0.3) is 0 Å². The van der Waals surface area contributed by atoms with E-state index in [0.29, 0.717) is 0 Å². The van der Waals surface area contributed by atoms with Crippen molar-refractivity contribution in [1.82, 2.24) is 9.78 Å². The molecule has 2 nitrogen and oxygen atoms in total. The Hall–Kier alpha value is -2.13. The van der Waals surface area contributed by atoms with Crippen molar-refractivity contribution in [2.24, 2.45) is 0 Å². The minimum absolute atomic E-state index is 0.227. The standard InChI is InChI=1S/C20H18ClFN2/c21-15-8-6-14(7-9-15)20-18-4-2-1-3-5-19(18)24(23-20)17-12-10-16(22)11-13-17/h6-13H,1-5H2. The Labute approximate surface area is 145 Å². The van der Waals surface area contributed by atoms with Crippen molar-refractivity contribution in [3.8, 4) is 16.9 Å². The van der Waals surface area contributed by atoms with Gasteiger partial charge in [-0.25, -0.2) is 9.07 Å². The number of nitrogens with zero attached hydrogens (tertiary/aromatic N) is 2. The average molecular weight is 341 g/mol. The van der Waals surface area contributed by atoms with Gasteiger partial charge in [-0.1, -0.05) is 30.2 Å². The summed E-state index contributed by atoms with van der Waals surface area (Å²) in [6.45, 7) is 0. The molecule has 4 heteroatoms. The number of hydrogen-bond acceptors (Lipinski definition) is 1. The summed E-state index contributed by atoms with van der Waals surface area (Å²) in [7, 11) is 0. The van der Waals surface area contributed by atoms with Gasteiger partial charge < -0.3 is 0 Å². The van der Waals surface area contributed by atoms with Gasteiger partial charge in [0.05, 0.1) is 11.4 Å². The molecular weight excluding hydrogens is 323 g/mol. The van der Waals surface area contributed by atoms with Gasteiger partial charge in [-0.05, 0) is 62.1 Å². The molecule has 0 bridgehead atoms. The number of benzene rings is 2. The van der Waals surface area contributed by atoms with Crippen LogP contribution in [0, 0.1) is 5.82 Å². The molecule has 122 valence electrons. The molecule has 0 saturated carbocycles. The summed E-state index contributed by atoms with van der Waals surface area (Å²) in [6, 6.07) is 14.4. The van der Waals surface area contributed by atoms with Crippen molar-refractivity contribution >= 4 is 11.6 Å². The molecule has 0 amide bonds. The highest BCUT2D eigenvalue weighted by atomic mass is 35.5. The van der Waals surface area contributed by atoms with E-state index in [-0.39, 0.29) is 5.82 Å². The number of hydrogen-bond donors (Lipinski definition) is 0.